The van der Waals surface area contributed by atoms with E-state index in [2.05, 4.69) is 4.98 Å². The molecule has 3 heteroatoms. The zero-order chi connectivity index (χ0) is 9.26. The fourth-order valence-electron chi connectivity index (χ4n) is 2.20. The largest absolute Gasteiger partial charge is 0.481 e. The maximum Gasteiger partial charge on any atom is 0.307 e. The molecule has 0 radical (unpaired) electrons. The summed E-state index contributed by atoms with van der Waals surface area (Å²) in [7, 11) is 0. The Bertz CT molecular complexity index is 292. The van der Waals surface area contributed by atoms with Crippen LogP contribution in [0.3, 0.4) is 0 Å². The third-order valence-corrected chi connectivity index (χ3v) is 2.85. The van der Waals surface area contributed by atoms with E-state index in [1.165, 1.54) is 0 Å². The molecule has 2 unspecified atom stereocenters. The molecule has 0 saturated heterocycles. The normalized spacial score (nSPS) is 27.7. The molecule has 70 valence electrons. The highest BCUT2D eigenvalue weighted by atomic mass is 16.4. The van der Waals surface area contributed by atoms with Crippen molar-refractivity contribution in [2.45, 2.75) is 25.2 Å². The number of hydrogen-bond donors (Lipinski definition) is 2. The van der Waals surface area contributed by atoms with E-state index in [9.17, 15) is 4.79 Å². The minimum atomic E-state index is -0.655. The Kier molecular flexibility index (Phi) is 2.08. The van der Waals surface area contributed by atoms with Gasteiger partial charge in [-0.2, -0.15) is 0 Å². The SMILES string of the molecule is O=C(O)C1CCCC1c1ccc[nH]1. The van der Waals surface area contributed by atoms with Gasteiger partial charge in [-0.25, -0.2) is 0 Å². The smallest absolute Gasteiger partial charge is 0.307 e. The Balaban J connectivity index is 2.19. The first-order valence-corrected chi connectivity index (χ1v) is 4.65. The van der Waals surface area contributed by atoms with E-state index in [0.717, 1.165) is 25.0 Å². The van der Waals surface area contributed by atoms with Crippen LogP contribution in [0, 0.1) is 5.92 Å². The Hall–Kier alpha value is -1.25. The number of carbonyl (C=O) groups is 1. The molecule has 0 aliphatic heterocycles. The summed E-state index contributed by atoms with van der Waals surface area (Å²) in [4.78, 5) is 14.0. The summed E-state index contributed by atoms with van der Waals surface area (Å²) in [5, 5.41) is 8.97. The zero-order valence-electron chi connectivity index (χ0n) is 7.36. The molecular formula is C10H13NO2. The van der Waals surface area contributed by atoms with E-state index in [4.69, 9.17) is 5.11 Å². The Morgan fingerprint density at radius 2 is 2.38 bits per heavy atom. The maximum atomic E-state index is 10.9. The van der Waals surface area contributed by atoms with Gasteiger partial charge in [-0.1, -0.05) is 6.42 Å². The summed E-state index contributed by atoms with van der Waals surface area (Å²) < 4.78 is 0. The molecule has 1 heterocycles. The molecule has 1 aromatic rings. The molecule has 1 fully saturated rings. The first-order chi connectivity index (χ1) is 6.29. The molecular weight excluding hydrogens is 166 g/mol. The van der Waals surface area contributed by atoms with Crippen LogP contribution in [-0.2, 0) is 4.79 Å². The van der Waals surface area contributed by atoms with Gasteiger partial charge in [0.1, 0.15) is 0 Å². The number of H-pyrrole nitrogens is 1. The second-order valence-corrected chi connectivity index (χ2v) is 3.61. The second-order valence-electron chi connectivity index (χ2n) is 3.61. The van der Waals surface area contributed by atoms with Crippen LogP contribution in [0.4, 0.5) is 0 Å². The lowest BCUT2D eigenvalue weighted by atomic mass is 9.93. The van der Waals surface area contributed by atoms with Crippen LogP contribution in [0.1, 0.15) is 30.9 Å². The molecule has 0 aromatic carbocycles. The van der Waals surface area contributed by atoms with Gasteiger partial charge in [0.15, 0.2) is 0 Å². The Morgan fingerprint density at radius 1 is 1.54 bits per heavy atom. The summed E-state index contributed by atoms with van der Waals surface area (Å²) in [6, 6.07) is 3.90. The average Bonchev–Trinajstić information content (AvgIpc) is 2.74. The highest BCUT2D eigenvalue weighted by Gasteiger charge is 2.34. The predicted octanol–water partition coefficient (Wildman–Crippen LogP) is 1.98. The molecule has 13 heavy (non-hydrogen) atoms. The minimum Gasteiger partial charge on any atom is -0.481 e. The molecule has 2 N–H and O–H groups in total. The standard InChI is InChI=1S/C10H13NO2/c12-10(13)8-4-1-3-7(8)9-5-2-6-11-9/h2,5-8,11H,1,3-4H2,(H,12,13). The Labute approximate surface area is 76.8 Å². The summed E-state index contributed by atoms with van der Waals surface area (Å²) in [6.45, 7) is 0. The molecule has 2 rings (SSSR count). The van der Waals surface area contributed by atoms with Crippen LogP contribution in [0.15, 0.2) is 18.3 Å². The first kappa shape index (κ1) is 8.35. The number of carboxylic acid groups (broad SMARTS) is 1. The van der Waals surface area contributed by atoms with Crippen molar-refractivity contribution in [2.75, 3.05) is 0 Å². The summed E-state index contributed by atoms with van der Waals surface area (Å²) in [6.07, 6.45) is 4.70. The van der Waals surface area contributed by atoms with Crippen LogP contribution >= 0.6 is 0 Å². The van der Waals surface area contributed by atoms with Gasteiger partial charge in [-0.15, -0.1) is 0 Å². The number of aliphatic carboxylic acids is 1. The van der Waals surface area contributed by atoms with Gasteiger partial charge < -0.3 is 10.1 Å². The lowest BCUT2D eigenvalue weighted by Gasteiger charge is -2.13. The summed E-state index contributed by atoms with van der Waals surface area (Å²) in [5.41, 5.74) is 1.07. The average molecular weight is 179 g/mol. The third-order valence-electron chi connectivity index (χ3n) is 2.85. The Morgan fingerprint density at radius 3 is 3.00 bits per heavy atom. The van der Waals surface area contributed by atoms with Gasteiger partial charge in [0.25, 0.3) is 0 Å². The quantitative estimate of drug-likeness (QED) is 0.729. The van der Waals surface area contributed by atoms with Crippen molar-refractivity contribution in [1.82, 2.24) is 4.98 Å². The van der Waals surface area contributed by atoms with Crippen LogP contribution in [0.2, 0.25) is 0 Å². The van der Waals surface area contributed by atoms with Gasteiger partial charge in [0.2, 0.25) is 0 Å². The van der Waals surface area contributed by atoms with E-state index in [-0.39, 0.29) is 11.8 Å². The van der Waals surface area contributed by atoms with E-state index >= 15 is 0 Å². The number of carboxylic acids is 1. The number of rotatable bonds is 2. The van der Waals surface area contributed by atoms with Gasteiger partial charge in [0.05, 0.1) is 5.92 Å². The molecule has 0 amide bonds. The molecule has 1 aromatic heterocycles. The lowest BCUT2D eigenvalue weighted by molar-refractivity contribution is -0.142. The van der Waals surface area contributed by atoms with Crippen molar-refractivity contribution in [3.05, 3.63) is 24.0 Å². The highest BCUT2D eigenvalue weighted by Crippen LogP contribution is 2.38. The van der Waals surface area contributed by atoms with E-state index in [0.29, 0.717) is 0 Å². The summed E-state index contributed by atoms with van der Waals surface area (Å²) in [5.74, 6) is -0.636. The second kappa shape index (κ2) is 3.24. The molecule has 0 bridgehead atoms. The van der Waals surface area contributed by atoms with Crippen molar-refractivity contribution in [1.29, 1.82) is 0 Å². The molecule has 3 nitrogen and oxygen atoms in total. The van der Waals surface area contributed by atoms with Crippen molar-refractivity contribution in [3.63, 3.8) is 0 Å². The lowest BCUT2D eigenvalue weighted by Crippen LogP contribution is -2.16. The van der Waals surface area contributed by atoms with Crippen LogP contribution in [0.5, 0.6) is 0 Å². The molecule has 1 aliphatic carbocycles. The van der Waals surface area contributed by atoms with E-state index < -0.39 is 5.97 Å². The van der Waals surface area contributed by atoms with Crippen LogP contribution in [0.25, 0.3) is 0 Å². The summed E-state index contributed by atoms with van der Waals surface area (Å²) >= 11 is 0. The van der Waals surface area contributed by atoms with Gasteiger partial charge in [-0.3, -0.25) is 4.79 Å². The predicted molar refractivity (Wildman–Crippen MR) is 48.5 cm³/mol. The third kappa shape index (κ3) is 1.46. The molecule has 2 atom stereocenters. The number of nitrogens with one attached hydrogen (secondary N) is 1. The van der Waals surface area contributed by atoms with Crippen molar-refractivity contribution < 1.29 is 9.90 Å². The topological polar surface area (TPSA) is 53.1 Å². The zero-order valence-corrected chi connectivity index (χ0v) is 7.36. The van der Waals surface area contributed by atoms with Crippen molar-refractivity contribution >= 4 is 5.97 Å². The number of aromatic nitrogens is 1. The minimum absolute atomic E-state index is 0.182. The monoisotopic (exact) mass is 179 g/mol. The fraction of sp³-hybridized carbons (Fsp3) is 0.500. The van der Waals surface area contributed by atoms with Crippen LogP contribution in [-0.4, -0.2) is 16.1 Å². The van der Waals surface area contributed by atoms with Gasteiger partial charge in [-0.05, 0) is 25.0 Å². The van der Waals surface area contributed by atoms with E-state index in [1.807, 2.05) is 18.3 Å². The van der Waals surface area contributed by atoms with Gasteiger partial charge >= 0.3 is 5.97 Å². The number of hydrogen-bond acceptors (Lipinski definition) is 1. The highest BCUT2D eigenvalue weighted by molar-refractivity contribution is 5.71. The van der Waals surface area contributed by atoms with Crippen molar-refractivity contribution in [3.8, 4) is 0 Å². The van der Waals surface area contributed by atoms with Crippen molar-refractivity contribution in [2.24, 2.45) is 5.92 Å². The van der Waals surface area contributed by atoms with E-state index in [1.54, 1.807) is 0 Å². The molecule has 1 aliphatic rings. The maximum absolute atomic E-state index is 10.9. The fourth-order valence-corrected chi connectivity index (χ4v) is 2.20. The van der Waals surface area contributed by atoms with Crippen LogP contribution < -0.4 is 0 Å². The molecule has 1 saturated carbocycles. The first-order valence-electron chi connectivity index (χ1n) is 4.65. The molecule has 0 spiro atoms. The number of aromatic amines is 1. The van der Waals surface area contributed by atoms with Gasteiger partial charge in [0, 0.05) is 17.8 Å².